The van der Waals surface area contributed by atoms with E-state index < -0.39 is 0 Å². The van der Waals surface area contributed by atoms with E-state index in [-0.39, 0.29) is 12.1 Å². The number of hydrogen-bond donors (Lipinski definition) is 0. The molecule has 0 radical (unpaired) electrons. The van der Waals surface area contributed by atoms with Crippen LogP contribution in [0.15, 0.2) is 11.6 Å². The Morgan fingerprint density at radius 1 is 1.40 bits per heavy atom. The molecule has 2 aliphatic rings. The highest BCUT2D eigenvalue weighted by atomic mass is 16.5. The molecule has 1 fully saturated rings. The zero-order valence-corrected chi connectivity index (χ0v) is 9.66. The monoisotopic (exact) mass is 208 g/mol. The van der Waals surface area contributed by atoms with E-state index in [0.29, 0.717) is 11.8 Å². The molecule has 0 aromatic carbocycles. The number of carbonyl (C=O) groups excluding carboxylic acids is 1. The average molecular weight is 208 g/mol. The fraction of sp³-hybridized carbons (Fsp3) is 0.769. The Bertz CT molecular complexity index is 280. The van der Waals surface area contributed by atoms with Crippen LogP contribution in [0.1, 0.15) is 46.0 Å². The Morgan fingerprint density at radius 2 is 2.20 bits per heavy atom. The molecule has 0 N–H and O–H groups in total. The third-order valence-corrected chi connectivity index (χ3v) is 3.72. The topological polar surface area (TPSA) is 26.3 Å². The van der Waals surface area contributed by atoms with E-state index in [4.69, 9.17) is 4.74 Å². The predicted octanol–water partition coefficient (Wildman–Crippen LogP) is 3.07. The van der Waals surface area contributed by atoms with Gasteiger partial charge in [-0.2, -0.15) is 0 Å². The van der Waals surface area contributed by atoms with E-state index in [1.54, 1.807) is 0 Å². The van der Waals surface area contributed by atoms with E-state index >= 15 is 0 Å². The lowest BCUT2D eigenvalue weighted by Crippen LogP contribution is -2.35. The Hall–Kier alpha value is -0.790. The van der Waals surface area contributed by atoms with E-state index in [1.165, 1.54) is 38.2 Å². The van der Waals surface area contributed by atoms with Crippen molar-refractivity contribution >= 4 is 5.97 Å². The summed E-state index contributed by atoms with van der Waals surface area (Å²) < 4.78 is 5.47. The molecule has 0 aromatic rings. The lowest BCUT2D eigenvalue weighted by molar-refractivity contribution is -0.148. The third-order valence-electron chi connectivity index (χ3n) is 3.72. The number of esters is 1. The van der Waals surface area contributed by atoms with Gasteiger partial charge < -0.3 is 4.74 Å². The smallest absolute Gasteiger partial charge is 0.303 e. The van der Waals surface area contributed by atoms with Crippen molar-refractivity contribution in [2.75, 3.05) is 0 Å². The first-order valence-corrected chi connectivity index (χ1v) is 6.05. The molecule has 0 saturated heterocycles. The molecule has 2 aliphatic carbocycles. The van der Waals surface area contributed by atoms with Gasteiger partial charge in [0, 0.05) is 6.92 Å². The summed E-state index contributed by atoms with van der Waals surface area (Å²) in [6.07, 6.45) is 8.62. The van der Waals surface area contributed by atoms with Crippen LogP contribution in [0.3, 0.4) is 0 Å². The first-order valence-electron chi connectivity index (χ1n) is 6.05. The van der Waals surface area contributed by atoms with Crippen molar-refractivity contribution in [3.8, 4) is 0 Å². The van der Waals surface area contributed by atoms with Gasteiger partial charge in [-0.25, -0.2) is 0 Å². The average Bonchev–Trinajstić information content (AvgIpc) is 2.22. The number of fused-ring (bicyclic) bond motifs is 1. The van der Waals surface area contributed by atoms with Gasteiger partial charge in [0.2, 0.25) is 0 Å². The van der Waals surface area contributed by atoms with Crippen LogP contribution in [-0.4, -0.2) is 12.1 Å². The molecule has 2 rings (SSSR count). The Morgan fingerprint density at radius 3 is 2.93 bits per heavy atom. The maximum absolute atomic E-state index is 11.1. The van der Waals surface area contributed by atoms with E-state index in [0.717, 1.165) is 6.42 Å². The summed E-state index contributed by atoms with van der Waals surface area (Å²) in [5.74, 6) is 1.05. The quantitative estimate of drug-likeness (QED) is 0.489. The lowest BCUT2D eigenvalue weighted by atomic mass is 9.72. The second-order valence-corrected chi connectivity index (χ2v) is 4.92. The SMILES string of the molecule is CC(=O)OC1C2=CCCCC2CCC1C. The third kappa shape index (κ3) is 2.24. The van der Waals surface area contributed by atoms with Crippen LogP contribution in [0.2, 0.25) is 0 Å². The van der Waals surface area contributed by atoms with Crippen molar-refractivity contribution in [1.29, 1.82) is 0 Å². The maximum Gasteiger partial charge on any atom is 0.303 e. The molecular formula is C13H20O2. The molecule has 0 spiro atoms. The van der Waals surface area contributed by atoms with Crippen LogP contribution >= 0.6 is 0 Å². The minimum atomic E-state index is -0.140. The fourth-order valence-corrected chi connectivity index (χ4v) is 2.93. The second kappa shape index (κ2) is 4.38. The molecule has 2 heteroatoms. The van der Waals surface area contributed by atoms with Gasteiger partial charge in [-0.15, -0.1) is 0 Å². The maximum atomic E-state index is 11.1. The highest BCUT2D eigenvalue weighted by Gasteiger charge is 2.35. The minimum absolute atomic E-state index is 0.0709. The van der Waals surface area contributed by atoms with Crippen LogP contribution in [0, 0.1) is 11.8 Å². The molecule has 3 atom stereocenters. The Labute approximate surface area is 91.7 Å². The molecule has 0 aliphatic heterocycles. The summed E-state index contributed by atoms with van der Waals surface area (Å²) in [6.45, 7) is 3.71. The van der Waals surface area contributed by atoms with Crippen molar-refractivity contribution in [1.82, 2.24) is 0 Å². The molecule has 84 valence electrons. The second-order valence-electron chi connectivity index (χ2n) is 4.92. The van der Waals surface area contributed by atoms with E-state index in [2.05, 4.69) is 13.0 Å². The van der Waals surface area contributed by atoms with Crippen LogP contribution in [-0.2, 0) is 9.53 Å². The van der Waals surface area contributed by atoms with Crippen molar-refractivity contribution in [3.05, 3.63) is 11.6 Å². The molecular weight excluding hydrogens is 188 g/mol. The normalized spacial score (nSPS) is 35.3. The van der Waals surface area contributed by atoms with Crippen molar-refractivity contribution < 1.29 is 9.53 Å². The van der Waals surface area contributed by atoms with Gasteiger partial charge in [-0.1, -0.05) is 13.0 Å². The molecule has 2 nitrogen and oxygen atoms in total. The standard InChI is InChI=1S/C13H20O2/c1-9-7-8-11-5-3-4-6-12(11)13(9)15-10(2)14/h6,9,11,13H,3-5,7-8H2,1-2H3. The summed E-state index contributed by atoms with van der Waals surface area (Å²) in [6, 6.07) is 0. The molecule has 0 aromatic heterocycles. The first kappa shape index (κ1) is 10.7. The van der Waals surface area contributed by atoms with E-state index in [9.17, 15) is 4.79 Å². The molecule has 15 heavy (non-hydrogen) atoms. The summed E-state index contributed by atoms with van der Waals surface area (Å²) >= 11 is 0. The van der Waals surface area contributed by atoms with Crippen molar-refractivity contribution in [2.24, 2.45) is 11.8 Å². The summed E-state index contributed by atoms with van der Waals surface area (Å²) in [7, 11) is 0. The van der Waals surface area contributed by atoms with Gasteiger partial charge in [-0.3, -0.25) is 4.79 Å². The minimum Gasteiger partial charge on any atom is -0.458 e. The first-order chi connectivity index (χ1) is 7.18. The fourth-order valence-electron chi connectivity index (χ4n) is 2.93. The number of carbonyl (C=O) groups is 1. The largest absolute Gasteiger partial charge is 0.458 e. The Kier molecular flexibility index (Phi) is 3.13. The number of ether oxygens (including phenoxy) is 1. The van der Waals surface area contributed by atoms with Crippen LogP contribution in [0.25, 0.3) is 0 Å². The zero-order valence-electron chi connectivity index (χ0n) is 9.66. The lowest BCUT2D eigenvalue weighted by Gasteiger charge is -2.38. The van der Waals surface area contributed by atoms with Crippen molar-refractivity contribution in [3.63, 3.8) is 0 Å². The van der Waals surface area contributed by atoms with Crippen LogP contribution in [0.5, 0.6) is 0 Å². The molecule has 0 bridgehead atoms. The van der Waals surface area contributed by atoms with Gasteiger partial charge in [0.05, 0.1) is 0 Å². The van der Waals surface area contributed by atoms with Crippen LogP contribution in [0.4, 0.5) is 0 Å². The van der Waals surface area contributed by atoms with Gasteiger partial charge in [0.15, 0.2) is 0 Å². The number of rotatable bonds is 1. The predicted molar refractivity (Wildman–Crippen MR) is 59.4 cm³/mol. The molecule has 3 unspecified atom stereocenters. The summed E-state index contributed by atoms with van der Waals surface area (Å²) in [4.78, 5) is 11.1. The number of hydrogen-bond acceptors (Lipinski definition) is 2. The van der Waals surface area contributed by atoms with Gasteiger partial charge in [-0.05, 0) is 49.5 Å². The van der Waals surface area contributed by atoms with Gasteiger partial charge in [0.1, 0.15) is 6.10 Å². The molecule has 0 heterocycles. The molecule has 0 amide bonds. The van der Waals surface area contributed by atoms with Crippen LogP contribution < -0.4 is 0 Å². The highest BCUT2D eigenvalue weighted by Crippen LogP contribution is 2.40. The summed E-state index contributed by atoms with van der Waals surface area (Å²) in [5, 5.41) is 0. The molecule has 1 saturated carbocycles. The number of allylic oxidation sites excluding steroid dienone is 1. The van der Waals surface area contributed by atoms with Gasteiger partial charge in [0.25, 0.3) is 0 Å². The van der Waals surface area contributed by atoms with Gasteiger partial charge >= 0.3 is 5.97 Å². The summed E-state index contributed by atoms with van der Waals surface area (Å²) in [5.41, 5.74) is 1.41. The highest BCUT2D eigenvalue weighted by molar-refractivity contribution is 5.66. The van der Waals surface area contributed by atoms with Crippen molar-refractivity contribution in [2.45, 2.75) is 52.1 Å². The van der Waals surface area contributed by atoms with E-state index in [1.807, 2.05) is 0 Å². The Balaban J connectivity index is 2.15. The zero-order chi connectivity index (χ0) is 10.8.